The van der Waals surface area contributed by atoms with Crippen LogP contribution in [-0.4, -0.2) is 27.5 Å². The number of guanidine groups is 1. The lowest BCUT2D eigenvalue weighted by Crippen LogP contribution is -2.23. The summed E-state index contributed by atoms with van der Waals surface area (Å²) in [6.07, 6.45) is 2.63. The van der Waals surface area contributed by atoms with E-state index in [-0.39, 0.29) is 16.8 Å². The van der Waals surface area contributed by atoms with E-state index in [2.05, 4.69) is 75.0 Å². The second-order valence-corrected chi connectivity index (χ2v) is 8.88. The molecule has 4 N–H and O–H groups in total. The van der Waals surface area contributed by atoms with Gasteiger partial charge in [0.05, 0.1) is 12.2 Å². The maximum atomic E-state index is 5.35. The number of rotatable bonds is 5. The van der Waals surface area contributed by atoms with Crippen LogP contribution in [0.4, 0.5) is 0 Å². The van der Waals surface area contributed by atoms with Crippen molar-refractivity contribution in [2.45, 2.75) is 65.3 Å². The van der Waals surface area contributed by atoms with Crippen molar-refractivity contribution in [1.29, 1.82) is 0 Å². The summed E-state index contributed by atoms with van der Waals surface area (Å²) in [6, 6.07) is 6.87. The Morgan fingerprint density at radius 1 is 1.00 bits per heavy atom. The Kier molecular flexibility index (Phi) is 5.74. The van der Waals surface area contributed by atoms with Crippen molar-refractivity contribution in [3.05, 3.63) is 46.8 Å². The van der Waals surface area contributed by atoms with Gasteiger partial charge in [-0.1, -0.05) is 65.0 Å². The van der Waals surface area contributed by atoms with Gasteiger partial charge in [0.1, 0.15) is 0 Å². The zero-order valence-electron chi connectivity index (χ0n) is 16.9. The Bertz CT molecular complexity index is 738. The Morgan fingerprint density at radius 2 is 1.58 bits per heavy atom. The molecule has 0 bridgehead atoms. The summed E-state index contributed by atoms with van der Waals surface area (Å²) in [4.78, 5) is 3.99. The van der Waals surface area contributed by atoms with Crippen molar-refractivity contribution >= 4 is 5.96 Å². The Hall–Kier alpha value is -2.37. The lowest BCUT2D eigenvalue weighted by atomic mass is 9.79. The Labute approximate surface area is 156 Å². The number of hydrogen-bond donors (Lipinski definition) is 2. The fourth-order valence-electron chi connectivity index (χ4n) is 2.67. The fraction of sp³-hybridized carbons (Fsp3) is 0.550. The van der Waals surface area contributed by atoms with Gasteiger partial charge in [0, 0.05) is 19.2 Å². The van der Waals surface area contributed by atoms with Crippen LogP contribution in [0.15, 0.2) is 29.4 Å². The highest BCUT2D eigenvalue weighted by molar-refractivity contribution is 5.75. The summed E-state index contributed by atoms with van der Waals surface area (Å²) in [5.74, 6) is 0.103. The van der Waals surface area contributed by atoms with Crippen LogP contribution in [0.5, 0.6) is 0 Å². The molecule has 26 heavy (non-hydrogen) atoms. The maximum Gasteiger partial charge on any atom is 0.185 e. The summed E-state index contributed by atoms with van der Waals surface area (Å²) >= 11 is 0. The third-order valence-corrected chi connectivity index (χ3v) is 4.32. The van der Waals surface area contributed by atoms with Crippen molar-refractivity contribution in [2.75, 3.05) is 6.54 Å². The molecule has 0 fully saturated rings. The molecule has 0 aliphatic rings. The second-order valence-electron chi connectivity index (χ2n) is 8.88. The first kappa shape index (κ1) is 19.9. The molecule has 142 valence electrons. The van der Waals surface area contributed by atoms with E-state index in [1.54, 1.807) is 0 Å². The minimum absolute atomic E-state index is 0.101. The minimum Gasteiger partial charge on any atom is -0.370 e. The van der Waals surface area contributed by atoms with Crippen LogP contribution in [0, 0.1) is 0 Å². The quantitative estimate of drug-likeness (QED) is 0.636. The summed E-state index contributed by atoms with van der Waals surface area (Å²) in [7, 11) is 0. The smallest absolute Gasteiger partial charge is 0.185 e. The third-order valence-electron chi connectivity index (χ3n) is 4.32. The van der Waals surface area contributed by atoms with Gasteiger partial charge in [-0.25, -0.2) is 4.68 Å². The molecule has 0 amide bonds. The van der Waals surface area contributed by atoms with Crippen molar-refractivity contribution in [2.24, 2.45) is 16.5 Å². The first-order valence-electron chi connectivity index (χ1n) is 9.04. The molecule has 6 heteroatoms. The van der Waals surface area contributed by atoms with Gasteiger partial charge >= 0.3 is 0 Å². The molecule has 0 radical (unpaired) electrons. The average Bonchev–Trinajstić information content (AvgIpc) is 2.92. The van der Waals surface area contributed by atoms with E-state index >= 15 is 0 Å². The van der Waals surface area contributed by atoms with Crippen LogP contribution in [0.1, 0.15) is 63.9 Å². The summed E-state index contributed by atoms with van der Waals surface area (Å²) in [5, 5.41) is 8.46. The zero-order valence-corrected chi connectivity index (χ0v) is 16.9. The van der Waals surface area contributed by atoms with Crippen LogP contribution in [0.3, 0.4) is 0 Å². The Balaban J connectivity index is 2.23. The molecule has 2 aromatic rings. The summed E-state index contributed by atoms with van der Waals surface area (Å²) in [6.45, 7) is 14.7. The van der Waals surface area contributed by atoms with Crippen LogP contribution in [0.2, 0.25) is 0 Å². The Morgan fingerprint density at radius 3 is 2.08 bits per heavy atom. The van der Waals surface area contributed by atoms with Crippen molar-refractivity contribution in [3.8, 4) is 0 Å². The van der Waals surface area contributed by atoms with E-state index in [9.17, 15) is 0 Å². The zero-order chi connectivity index (χ0) is 19.5. The molecular formula is C20H32N6. The molecule has 0 atom stereocenters. The van der Waals surface area contributed by atoms with E-state index in [0.717, 1.165) is 5.69 Å². The number of benzene rings is 1. The predicted molar refractivity (Wildman–Crippen MR) is 107 cm³/mol. The monoisotopic (exact) mass is 356 g/mol. The molecule has 0 unspecified atom stereocenters. The van der Waals surface area contributed by atoms with Crippen molar-refractivity contribution in [3.63, 3.8) is 0 Å². The van der Waals surface area contributed by atoms with Crippen molar-refractivity contribution in [1.82, 2.24) is 15.0 Å². The van der Waals surface area contributed by atoms with Gasteiger partial charge in [0.15, 0.2) is 5.96 Å². The summed E-state index contributed by atoms with van der Waals surface area (Å²) in [5.41, 5.74) is 15.7. The SMILES string of the molecule is CC(C)(C)c1cc(Cn2cc(CCN=C(N)N)nn2)cc(C(C)(C)C)c1. The standard InChI is InChI=1S/C20H32N6/c1-19(2,3)15-9-14(10-16(11-15)20(4,5)6)12-26-13-17(24-25-26)7-8-23-18(21)22/h9-11,13H,7-8,12H2,1-6H3,(H4,21,22,23). The van der Waals surface area contributed by atoms with Gasteiger partial charge < -0.3 is 11.5 Å². The molecule has 2 rings (SSSR count). The molecule has 1 aromatic heterocycles. The second kappa shape index (κ2) is 7.48. The molecule has 0 spiro atoms. The third kappa shape index (κ3) is 5.58. The highest BCUT2D eigenvalue weighted by Gasteiger charge is 2.20. The van der Waals surface area contributed by atoms with E-state index in [4.69, 9.17) is 11.5 Å². The molecule has 0 aliphatic heterocycles. The number of aromatic nitrogens is 3. The first-order chi connectivity index (χ1) is 11.9. The lowest BCUT2D eigenvalue weighted by Gasteiger charge is -2.26. The lowest BCUT2D eigenvalue weighted by molar-refractivity contribution is 0.563. The predicted octanol–water partition coefficient (Wildman–Crippen LogP) is 2.74. The topological polar surface area (TPSA) is 95.1 Å². The van der Waals surface area contributed by atoms with E-state index in [1.165, 1.54) is 16.7 Å². The van der Waals surface area contributed by atoms with Crippen LogP contribution in [0.25, 0.3) is 0 Å². The van der Waals surface area contributed by atoms with Gasteiger partial charge in [0.2, 0.25) is 0 Å². The van der Waals surface area contributed by atoms with E-state index in [1.807, 2.05) is 10.9 Å². The minimum atomic E-state index is 0.101. The number of nitrogens with zero attached hydrogens (tertiary/aromatic N) is 4. The van der Waals surface area contributed by atoms with Crippen LogP contribution >= 0.6 is 0 Å². The molecule has 1 heterocycles. The van der Waals surface area contributed by atoms with E-state index in [0.29, 0.717) is 19.5 Å². The van der Waals surface area contributed by atoms with Crippen LogP contribution < -0.4 is 11.5 Å². The fourth-order valence-corrected chi connectivity index (χ4v) is 2.67. The van der Waals surface area contributed by atoms with Crippen molar-refractivity contribution < 1.29 is 0 Å². The number of nitrogens with two attached hydrogens (primary N) is 2. The van der Waals surface area contributed by atoms with Gasteiger partial charge in [0.25, 0.3) is 0 Å². The van der Waals surface area contributed by atoms with Gasteiger partial charge in [-0.05, 0) is 27.5 Å². The molecule has 1 aromatic carbocycles. The average molecular weight is 357 g/mol. The van der Waals surface area contributed by atoms with Gasteiger partial charge in [-0.3, -0.25) is 4.99 Å². The molecule has 6 nitrogen and oxygen atoms in total. The van der Waals surface area contributed by atoms with Gasteiger partial charge in [-0.15, -0.1) is 5.10 Å². The first-order valence-corrected chi connectivity index (χ1v) is 9.04. The van der Waals surface area contributed by atoms with Gasteiger partial charge in [-0.2, -0.15) is 0 Å². The highest BCUT2D eigenvalue weighted by Crippen LogP contribution is 2.30. The van der Waals surface area contributed by atoms with Crippen LogP contribution in [-0.2, 0) is 23.8 Å². The molecule has 0 saturated heterocycles. The molecule has 0 aliphatic carbocycles. The maximum absolute atomic E-state index is 5.35. The largest absolute Gasteiger partial charge is 0.370 e. The number of aliphatic imine (C=N–C) groups is 1. The number of hydrogen-bond acceptors (Lipinski definition) is 3. The molecule has 0 saturated carbocycles. The normalized spacial score (nSPS) is 12.2. The summed E-state index contributed by atoms with van der Waals surface area (Å²) < 4.78 is 1.87. The van der Waals surface area contributed by atoms with E-state index < -0.39 is 0 Å². The highest BCUT2D eigenvalue weighted by atomic mass is 15.4. The molecular weight excluding hydrogens is 324 g/mol.